The average Bonchev–Trinajstić information content (AvgIpc) is 3.21. The van der Waals surface area contributed by atoms with Gasteiger partial charge in [0.15, 0.2) is 5.13 Å². The number of hydrogen-bond acceptors (Lipinski definition) is 5. The van der Waals surface area contributed by atoms with E-state index in [9.17, 15) is 4.79 Å². The molecular formula is C23H20ClN3O2S. The van der Waals surface area contributed by atoms with E-state index in [0.29, 0.717) is 24.4 Å². The van der Waals surface area contributed by atoms with Crippen molar-refractivity contribution in [1.29, 1.82) is 0 Å². The van der Waals surface area contributed by atoms with Crippen LogP contribution in [0.1, 0.15) is 10.4 Å². The van der Waals surface area contributed by atoms with Crippen LogP contribution in [-0.2, 0) is 0 Å². The van der Waals surface area contributed by atoms with Gasteiger partial charge < -0.3 is 14.5 Å². The van der Waals surface area contributed by atoms with Crippen molar-refractivity contribution in [3.63, 3.8) is 0 Å². The van der Waals surface area contributed by atoms with E-state index < -0.39 is 0 Å². The molecular weight excluding hydrogens is 418 g/mol. The number of thiazole rings is 1. The predicted octanol–water partition coefficient (Wildman–Crippen LogP) is 5.07. The summed E-state index contributed by atoms with van der Waals surface area (Å²) in [6, 6.07) is 17.6. The molecule has 5 rings (SSSR count). The minimum absolute atomic E-state index is 0.00772. The highest BCUT2D eigenvalue weighted by Crippen LogP contribution is 2.32. The van der Waals surface area contributed by atoms with Crippen LogP contribution in [0.3, 0.4) is 0 Å². The van der Waals surface area contributed by atoms with Crippen LogP contribution in [0, 0.1) is 0 Å². The molecule has 0 N–H and O–H groups in total. The summed E-state index contributed by atoms with van der Waals surface area (Å²) in [5.41, 5.74) is 1.57. The molecule has 3 aromatic carbocycles. The molecule has 0 aliphatic carbocycles. The Kier molecular flexibility index (Phi) is 4.97. The van der Waals surface area contributed by atoms with E-state index in [0.717, 1.165) is 44.2 Å². The van der Waals surface area contributed by atoms with Crippen LogP contribution in [0.2, 0.25) is 5.02 Å². The number of hydrogen-bond donors (Lipinski definition) is 0. The number of piperazine rings is 1. The fourth-order valence-electron chi connectivity index (χ4n) is 3.85. The molecule has 4 aromatic rings. The van der Waals surface area contributed by atoms with Gasteiger partial charge in [0, 0.05) is 31.2 Å². The van der Waals surface area contributed by atoms with Gasteiger partial charge in [-0.05, 0) is 41.1 Å². The minimum atomic E-state index is 0.00772. The summed E-state index contributed by atoms with van der Waals surface area (Å²) in [5, 5.41) is 3.79. The maximum Gasteiger partial charge on any atom is 0.257 e. The number of fused-ring (bicyclic) bond motifs is 2. The molecule has 1 fully saturated rings. The van der Waals surface area contributed by atoms with Gasteiger partial charge in [-0.25, -0.2) is 4.98 Å². The molecule has 5 nitrogen and oxygen atoms in total. The van der Waals surface area contributed by atoms with Crippen molar-refractivity contribution < 1.29 is 9.53 Å². The monoisotopic (exact) mass is 437 g/mol. The van der Waals surface area contributed by atoms with Gasteiger partial charge in [0.25, 0.3) is 5.91 Å². The molecule has 30 heavy (non-hydrogen) atoms. The largest absolute Gasteiger partial charge is 0.496 e. The van der Waals surface area contributed by atoms with E-state index in [4.69, 9.17) is 21.3 Å². The van der Waals surface area contributed by atoms with E-state index in [1.807, 2.05) is 59.5 Å². The summed E-state index contributed by atoms with van der Waals surface area (Å²) in [6.45, 7) is 2.78. The summed E-state index contributed by atoms with van der Waals surface area (Å²) in [5.74, 6) is 0.623. The van der Waals surface area contributed by atoms with Crippen molar-refractivity contribution in [2.75, 3.05) is 38.2 Å². The molecule has 0 saturated carbocycles. The van der Waals surface area contributed by atoms with Gasteiger partial charge in [0.1, 0.15) is 5.75 Å². The Bertz CT molecular complexity index is 1250. The maximum atomic E-state index is 13.2. The van der Waals surface area contributed by atoms with E-state index >= 15 is 0 Å². The van der Waals surface area contributed by atoms with Crippen molar-refractivity contribution in [3.05, 3.63) is 65.2 Å². The molecule has 1 aliphatic rings. The fourth-order valence-corrected chi connectivity index (χ4v) is 5.14. The number of methoxy groups -OCH3 is 1. The highest BCUT2D eigenvalue weighted by molar-refractivity contribution is 7.22. The van der Waals surface area contributed by atoms with Gasteiger partial charge >= 0.3 is 0 Å². The summed E-state index contributed by atoms with van der Waals surface area (Å²) in [6.07, 6.45) is 0. The molecule has 2 heterocycles. The smallest absolute Gasteiger partial charge is 0.257 e. The van der Waals surface area contributed by atoms with E-state index in [-0.39, 0.29) is 5.91 Å². The fraction of sp³-hybridized carbons (Fsp3) is 0.217. The van der Waals surface area contributed by atoms with Gasteiger partial charge in [-0.3, -0.25) is 4.79 Å². The zero-order valence-electron chi connectivity index (χ0n) is 16.5. The van der Waals surface area contributed by atoms with Crippen molar-refractivity contribution in [2.24, 2.45) is 0 Å². The number of anilines is 1. The third-order valence-electron chi connectivity index (χ3n) is 5.47. The third kappa shape index (κ3) is 3.46. The third-order valence-corrected chi connectivity index (χ3v) is 6.79. The SMILES string of the molecule is COc1cc2ccccc2cc1C(=O)N1CCN(c2nc3ccc(Cl)cc3s2)CC1. The van der Waals surface area contributed by atoms with Gasteiger partial charge in [-0.15, -0.1) is 0 Å². The number of carbonyl (C=O) groups excluding carboxylic acids is 1. The molecule has 0 atom stereocenters. The van der Waals surface area contributed by atoms with E-state index in [2.05, 4.69) is 4.90 Å². The Balaban J connectivity index is 1.34. The first-order valence-electron chi connectivity index (χ1n) is 9.79. The lowest BCUT2D eigenvalue weighted by atomic mass is 10.0. The van der Waals surface area contributed by atoms with Crippen molar-refractivity contribution >= 4 is 55.0 Å². The van der Waals surface area contributed by atoms with Crippen LogP contribution in [0.4, 0.5) is 5.13 Å². The van der Waals surface area contributed by atoms with Crippen LogP contribution < -0.4 is 9.64 Å². The maximum absolute atomic E-state index is 13.2. The molecule has 0 bridgehead atoms. The second-order valence-corrected chi connectivity index (χ2v) is 8.73. The Hall–Kier alpha value is -2.83. The van der Waals surface area contributed by atoms with Crippen molar-refractivity contribution in [3.8, 4) is 5.75 Å². The van der Waals surface area contributed by atoms with Crippen LogP contribution in [0.15, 0.2) is 54.6 Å². The first-order valence-corrected chi connectivity index (χ1v) is 11.0. The first-order chi connectivity index (χ1) is 14.6. The van der Waals surface area contributed by atoms with E-state index in [1.165, 1.54) is 0 Å². The number of amides is 1. The Morgan fingerprint density at radius 3 is 2.50 bits per heavy atom. The van der Waals surface area contributed by atoms with Crippen LogP contribution in [0.5, 0.6) is 5.75 Å². The van der Waals surface area contributed by atoms with Gasteiger partial charge in [0.05, 0.1) is 22.9 Å². The first kappa shape index (κ1) is 19.2. The number of carbonyl (C=O) groups is 1. The lowest BCUT2D eigenvalue weighted by Gasteiger charge is -2.34. The van der Waals surface area contributed by atoms with E-state index in [1.54, 1.807) is 18.4 Å². The zero-order chi connectivity index (χ0) is 20.7. The average molecular weight is 438 g/mol. The molecule has 152 valence electrons. The number of aromatic nitrogens is 1. The number of rotatable bonds is 3. The molecule has 0 unspecified atom stereocenters. The second-order valence-electron chi connectivity index (χ2n) is 7.29. The molecule has 7 heteroatoms. The predicted molar refractivity (Wildman–Crippen MR) is 123 cm³/mol. The highest BCUT2D eigenvalue weighted by atomic mass is 35.5. The molecule has 0 radical (unpaired) electrons. The zero-order valence-corrected chi connectivity index (χ0v) is 18.0. The van der Waals surface area contributed by atoms with Crippen LogP contribution >= 0.6 is 22.9 Å². The summed E-state index contributed by atoms with van der Waals surface area (Å²) in [4.78, 5) is 22.1. The van der Waals surface area contributed by atoms with Crippen molar-refractivity contribution in [1.82, 2.24) is 9.88 Å². The Morgan fingerprint density at radius 1 is 1.03 bits per heavy atom. The topological polar surface area (TPSA) is 45.7 Å². The second kappa shape index (κ2) is 7.78. The highest BCUT2D eigenvalue weighted by Gasteiger charge is 2.26. The summed E-state index contributed by atoms with van der Waals surface area (Å²) in [7, 11) is 1.61. The lowest BCUT2D eigenvalue weighted by Crippen LogP contribution is -2.48. The number of nitrogens with zero attached hydrogens (tertiary/aromatic N) is 3. The van der Waals surface area contributed by atoms with Gasteiger partial charge in [0.2, 0.25) is 0 Å². The molecule has 1 amide bonds. The standard InChI is InChI=1S/C23H20ClN3O2S/c1-29-20-13-16-5-3-2-4-15(16)12-18(20)22(28)26-8-10-27(11-9-26)23-25-19-7-6-17(24)14-21(19)30-23/h2-7,12-14H,8-11H2,1H3. The Labute approximate surface area is 183 Å². The normalized spacial score (nSPS) is 14.5. The van der Waals surface area contributed by atoms with Gasteiger partial charge in [-0.1, -0.05) is 47.2 Å². The molecule has 1 aliphatic heterocycles. The van der Waals surface area contributed by atoms with Crippen LogP contribution in [0.25, 0.3) is 21.0 Å². The summed E-state index contributed by atoms with van der Waals surface area (Å²) < 4.78 is 6.60. The van der Waals surface area contributed by atoms with Gasteiger partial charge in [-0.2, -0.15) is 0 Å². The number of halogens is 1. The number of benzene rings is 3. The summed E-state index contributed by atoms with van der Waals surface area (Å²) >= 11 is 7.74. The van der Waals surface area contributed by atoms with Crippen molar-refractivity contribution in [2.45, 2.75) is 0 Å². The van der Waals surface area contributed by atoms with Crippen LogP contribution in [-0.4, -0.2) is 49.1 Å². The Morgan fingerprint density at radius 2 is 1.77 bits per heavy atom. The molecule has 1 saturated heterocycles. The quantitative estimate of drug-likeness (QED) is 0.448. The number of ether oxygens (including phenoxy) is 1. The lowest BCUT2D eigenvalue weighted by molar-refractivity contribution is 0.0743. The minimum Gasteiger partial charge on any atom is -0.496 e. The molecule has 1 aromatic heterocycles. The molecule has 0 spiro atoms.